The molecule has 3 N–H and O–H groups in total. The van der Waals surface area contributed by atoms with Crippen molar-refractivity contribution in [3.05, 3.63) is 65.5 Å². The van der Waals surface area contributed by atoms with Gasteiger partial charge in [0.2, 0.25) is 5.91 Å². The maximum atomic E-state index is 13.2. The number of hydrogen-bond donors (Lipinski definition) is 3. The van der Waals surface area contributed by atoms with Gasteiger partial charge >= 0.3 is 6.36 Å². The summed E-state index contributed by atoms with van der Waals surface area (Å²) in [6.07, 6.45) is -4.73. The smallest absolute Gasteiger partial charge is 0.405 e. The highest BCUT2D eigenvalue weighted by atomic mass is 19.4. The van der Waals surface area contributed by atoms with Crippen LogP contribution in [0.2, 0.25) is 0 Å². The number of para-hydroxylation sites is 1. The lowest BCUT2D eigenvalue weighted by Gasteiger charge is -2.14. The standard InChI is InChI=1S/C21H24F4N4O2/c1-2-26-20(29-14-16-7-3-4-9-18(16)31-21(23,24)25)28-11-10-27-19(30)13-15-6-5-8-17(22)12-15/h3-9,12H,2,10-11,13-14H2,1H3,(H,27,30)(H2,26,28,29). The number of amides is 1. The molecule has 0 saturated heterocycles. The zero-order valence-corrected chi connectivity index (χ0v) is 16.9. The Morgan fingerprint density at radius 2 is 1.77 bits per heavy atom. The van der Waals surface area contributed by atoms with Crippen molar-refractivity contribution in [2.75, 3.05) is 19.6 Å². The highest BCUT2D eigenvalue weighted by molar-refractivity contribution is 5.80. The van der Waals surface area contributed by atoms with Crippen molar-refractivity contribution in [2.24, 2.45) is 4.99 Å². The third-order valence-corrected chi connectivity index (χ3v) is 3.94. The first-order chi connectivity index (χ1) is 14.8. The number of aliphatic imine (C=N–C) groups is 1. The second-order valence-electron chi connectivity index (χ2n) is 6.43. The molecule has 6 nitrogen and oxygen atoms in total. The fourth-order valence-corrected chi connectivity index (χ4v) is 2.64. The molecule has 0 spiro atoms. The van der Waals surface area contributed by atoms with E-state index < -0.39 is 12.2 Å². The van der Waals surface area contributed by atoms with Crippen LogP contribution in [0.25, 0.3) is 0 Å². The van der Waals surface area contributed by atoms with E-state index in [0.717, 1.165) is 0 Å². The molecule has 0 aromatic heterocycles. The van der Waals surface area contributed by atoms with Crippen molar-refractivity contribution in [1.29, 1.82) is 0 Å². The molecule has 0 radical (unpaired) electrons. The molecule has 10 heteroatoms. The van der Waals surface area contributed by atoms with Crippen LogP contribution in [-0.4, -0.2) is 37.9 Å². The average Bonchev–Trinajstić information content (AvgIpc) is 2.69. The normalized spacial score (nSPS) is 11.7. The Labute approximate surface area is 177 Å². The van der Waals surface area contributed by atoms with Gasteiger partial charge in [-0.3, -0.25) is 4.79 Å². The molecule has 31 heavy (non-hydrogen) atoms. The highest BCUT2D eigenvalue weighted by Gasteiger charge is 2.31. The molecule has 0 aliphatic carbocycles. The van der Waals surface area contributed by atoms with E-state index in [0.29, 0.717) is 24.6 Å². The molecular formula is C21H24F4N4O2. The molecule has 0 fully saturated rings. The molecule has 2 aromatic carbocycles. The van der Waals surface area contributed by atoms with Gasteiger partial charge in [-0.1, -0.05) is 30.3 Å². The quantitative estimate of drug-likeness (QED) is 0.242. The molecule has 2 aromatic rings. The lowest BCUT2D eigenvalue weighted by Crippen LogP contribution is -2.41. The summed E-state index contributed by atoms with van der Waals surface area (Å²) in [5.41, 5.74) is 0.848. The molecule has 1 amide bonds. The van der Waals surface area contributed by atoms with E-state index >= 15 is 0 Å². The van der Waals surface area contributed by atoms with Crippen molar-refractivity contribution in [3.8, 4) is 5.75 Å². The van der Waals surface area contributed by atoms with Gasteiger partial charge in [-0.05, 0) is 30.7 Å². The summed E-state index contributed by atoms with van der Waals surface area (Å²) in [7, 11) is 0. The van der Waals surface area contributed by atoms with Crippen molar-refractivity contribution in [1.82, 2.24) is 16.0 Å². The first-order valence-electron chi connectivity index (χ1n) is 9.64. The van der Waals surface area contributed by atoms with Crippen LogP contribution < -0.4 is 20.7 Å². The van der Waals surface area contributed by atoms with Gasteiger partial charge in [0.15, 0.2) is 5.96 Å². The maximum Gasteiger partial charge on any atom is 0.573 e. The van der Waals surface area contributed by atoms with E-state index in [1.54, 1.807) is 12.1 Å². The fourth-order valence-electron chi connectivity index (χ4n) is 2.64. The average molecular weight is 440 g/mol. The summed E-state index contributed by atoms with van der Waals surface area (Å²) in [5, 5.41) is 8.67. The number of hydrogen-bond acceptors (Lipinski definition) is 3. The summed E-state index contributed by atoms with van der Waals surface area (Å²) in [6, 6.07) is 11.6. The van der Waals surface area contributed by atoms with Gasteiger partial charge in [-0.25, -0.2) is 9.38 Å². The molecule has 2 rings (SSSR count). The predicted molar refractivity (Wildman–Crippen MR) is 109 cm³/mol. The Morgan fingerprint density at radius 3 is 2.48 bits per heavy atom. The molecule has 168 valence electrons. The molecule has 0 saturated carbocycles. The number of nitrogens with one attached hydrogen (secondary N) is 3. The number of alkyl halides is 3. The second-order valence-corrected chi connectivity index (χ2v) is 6.43. The summed E-state index contributed by atoms with van der Waals surface area (Å²) < 4.78 is 54.8. The van der Waals surface area contributed by atoms with Crippen molar-refractivity contribution < 1.29 is 27.1 Å². The highest BCUT2D eigenvalue weighted by Crippen LogP contribution is 2.26. The third-order valence-electron chi connectivity index (χ3n) is 3.94. The van der Waals surface area contributed by atoms with Gasteiger partial charge in [0.05, 0.1) is 13.0 Å². The first-order valence-corrected chi connectivity index (χ1v) is 9.64. The summed E-state index contributed by atoms with van der Waals surface area (Å²) >= 11 is 0. The molecule has 0 unspecified atom stereocenters. The monoisotopic (exact) mass is 440 g/mol. The van der Waals surface area contributed by atoms with E-state index in [9.17, 15) is 22.4 Å². The van der Waals surface area contributed by atoms with Crippen molar-refractivity contribution in [2.45, 2.75) is 26.3 Å². The molecule has 0 bridgehead atoms. The summed E-state index contributed by atoms with van der Waals surface area (Å²) in [6.45, 7) is 2.97. The summed E-state index contributed by atoms with van der Waals surface area (Å²) in [4.78, 5) is 16.2. The zero-order chi connectivity index (χ0) is 22.7. The Hall–Kier alpha value is -3.30. The number of guanidine groups is 1. The Bertz CT molecular complexity index is 888. The summed E-state index contributed by atoms with van der Waals surface area (Å²) in [5.74, 6) is -0.587. The molecule has 0 heterocycles. The fraction of sp³-hybridized carbons (Fsp3) is 0.333. The number of ether oxygens (including phenoxy) is 1. The largest absolute Gasteiger partial charge is 0.573 e. The van der Waals surface area contributed by atoms with Crippen LogP contribution in [0.1, 0.15) is 18.1 Å². The van der Waals surface area contributed by atoms with Gasteiger partial charge in [0.1, 0.15) is 11.6 Å². The minimum absolute atomic E-state index is 0.0342. The van der Waals surface area contributed by atoms with E-state index in [4.69, 9.17) is 0 Å². The zero-order valence-electron chi connectivity index (χ0n) is 16.9. The third kappa shape index (κ3) is 9.37. The Balaban J connectivity index is 1.84. The van der Waals surface area contributed by atoms with Gasteiger partial charge < -0.3 is 20.7 Å². The number of carbonyl (C=O) groups is 1. The van der Waals surface area contributed by atoms with Crippen LogP contribution >= 0.6 is 0 Å². The van der Waals surface area contributed by atoms with Gasteiger partial charge in [-0.15, -0.1) is 13.2 Å². The lowest BCUT2D eigenvalue weighted by atomic mass is 10.1. The first kappa shape index (κ1) is 24.0. The van der Waals surface area contributed by atoms with E-state index in [2.05, 4.69) is 25.7 Å². The maximum absolute atomic E-state index is 13.2. The van der Waals surface area contributed by atoms with Gasteiger partial charge in [0, 0.05) is 25.2 Å². The number of halogens is 4. The molecule has 0 atom stereocenters. The predicted octanol–water partition coefficient (Wildman–Crippen LogP) is 3.14. The van der Waals surface area contributed by atoms with Crippen molar-refractivity contribution in [3.63, 3.8) is 0 Å². The van der Waals surface area contributed by atoms with Gasteiger partial charge in [-0.2, -0.15) is 0 Å². The van der Waals surface area contributed by atoms with Crippen LogP contribution in [0.4, 0.5) is 17.6 Å². The van der Waals surface area contributed by atoms with Crippen LogP contribution in [0.3, 0.4) is 0 Å². The van der Waals surface area contributed by atoms with E-state index in [1.807, 2.05) is 6.92 Å². The molecule has 0 aliphatic rings. The SMILES string of the molecule is CCNC(=NCc1ccccc1OC(F)(F)F)NCCNC(=O)Cc1cccc(F)c1. The van der Waals surface area contributed by atoms with E-state index in [1.165, 1.54) is 36.4 Å². The van der Waals surface area contributed by atoms with Crippen LogP contribution in [0.15, 0.2) is 53.5 Å². The lowest BCUT2D eigenvalue weighted by molar-refractivity contribution is -0.274. The minimum Gasteiger partial charge on any atom is -0.405 e. The second kappa shape index (κ2) is 11.8. The van der Waals surface area contributed by atoms with Crippen LogP contribution in [0, 0.1) is 5.82 Å². The number of rotatable bonds is 9. The van der Waals surface area contributed by atoms with Crippen LogP contribution in [0.5, 0.6) is 5.75 Å². The molecular weight excluding hydrogens is 416 g/mol. The van der Waals surface area contributed by atoms with Crippen molar-refractivity contribution >= 4 is 11.9 Å². The molecule has 0 aliphatic heterocycles. The Morgan fingerprint density at radius 1 is 1.03 bits per heavy atom. The van der Waals surface area contributed by atoms with Gasteiger partial charge in [0.25, 0.3) is 0 Å². The van der Waals surface area contributed by atoms with E-state index in [-0.39, 0.29) is 36.7 Å². The number of nitrogens with zero attached hydrogens (tertiary/aromatic N) is 1. The van der Waals surface area contributed by atoms with Crippen LogP contribution in [-0.2, 0) is 17.8 Å². The minimum atomic E-state index is -4.79. The number of carbonyl (C=O) groups excluding carboxylic acids is 1. The topological polar surface area (TPSA) is 74.8 Å². The Kier molecular flexibility index (Phi) is 9.11. The number of benzene rings is 2.